The number of aryl methyl sites for hydroxylation is 1. The van der Waals surface area contributed by atoms with E-state index in [4.69, 9.17) is 9.73 Å². The molecule has 7 heteroatoms. The maximum Gasteiger partial charge on any atom is 0.340 e. The van der Waals surface area contributed by atoms with Crippen LogP contribution in [0.5, 0.6) is 0 Å². The second-order valence-corrected chi connectivity index (χ2v) is 12.4. The molecule has 0 radical (unpaired) electrons. The number of fused-ring (bicyclic) bond motifs is 3. The van der Waals surface area contributed by atoms with E-state index < -0.39 is 33.1 Å². The minimum Gasteiger partial charge on any atom is -0.458 e. The third-order valence-corrected chi connectivity index (χ3v) is 8.47. The van der Waals surface area contributed by atoms with Gasteiger partial charge in [-0.2, -0.15) is 0 Å². The number of nitrogens with zero attached hydrogens (tertiary/aromatic N) is 2. The maximum atomic E-state index is 14.0. The second kappa shape index (κ2) is 8.99. The van der Waals surface area contributed by atoms with Gasteiger partial charge in [-0.1, -0.05) is 72.3 Å². The summed E-state index contributed by atoms with van der Waals surface area (Å²) in [7, 11) is -3.87. The zero-order chi connectivity index (χ0) is 26.4. The Bertz CT molecular complexity index is 1500. The van der Waals surface area contributed by atoms with Gasteiger partial charge in [0.05, 0.1) is 4.90 Å². The quantitative estimate of drug-likeness (QED) is 0.434. The minimum atomic E-state index is -3.87. The topological polar surface area (TPSA) is 76.0 Å². The van der Waals surface area contributed by atoms with Gasteiger partial charge in [0, 0.05) is 12.5 Å². The summed E-state index contributed by atoms with van der Waals surface area (Å²) in [5, 5.41) is 0. The van der Waals surface area contributed by atoms with E-state index in [0.29, 0.717) is 5.57 Å². The van der Waals surface area contributed by atoms with Crippen molar-refractivity contribution in [3.05, 3.63) is 101 Å². The van der Waals surface area contributed by atoms with Crippen molar-refractivity contribution in [3.63, 3.8) is 0 Å². The number of ether oxygens (including phenoxy) is 1. The number of hydrogen-bond acceptors (Lipinski definition) is 5. The lowest BCUT2D eigenvalue weighted by Crippen LogP contribution is -2.52. The fraction of sp³-hybridized carbons (Fsp3) is 0.267. The molecule has 1 aliphatic carbocycles. The van der Waals surface area contributed by atoms with E-state index in [9.17, 15) is 13.2 Å². The molecule has 0 spiro atoms. The van der Waals surface area contributed by atoms with Gasteiger partial charge in [-0.05, 0) is 68.2 Å². The highest BCUT2D eigenvalue weighted by Crippen LogP contribution is 2.54. The highest BCUT2D eigenvalue weighted by Gasteiger charge is 2.59. The number of carbonyl (C=O) groups is 1. The number of rotatable bonds is 4. The fourth-order valence-electron chi connectivity index (χ4n) is 5.01. The molecule has 0 saturated heterocycles. The first kappa shape index (κ1) is 25.0. The minimum absolute atomic E-state index is 0.0576. The molecule has 3 aromatic carbocycles. The lowest BCUT2D eigenvalue weighted by molar-refractivity contribution is -0.159. The zero-order valence-electron chi connectivity index (χ0n) is 21.4. The van der Waals surface area contributed by atoms with Crippen molar-refractivity contribution < 1.29 is 17.9 Å². The Morgan fingerprint density at radius 3 is 2.32 bits per heavy atom. The zero-order valence-corrected chi connectivity index (χ0v) is 22.2. The fourth-order valence-corrected chi connectivity index (χ4v) is 6.27. The molecule has 1 heterocycles. The first-order chi connectivity index (χ1) is 17.5. The number of sulfonamides is 1. The van der Waals surface area contributed by atoms with Gasteiger partial charge in [-0.25, -0.2) is 13.2 Å². The summed E-state index contributed by atoms with van der Waals surface area (Å²) in [5.74, 6) is -1.05. The van der Waals surface area contributed by atoms with Crippen molar-refractivity contribution >= 4 is 34.0 Å². The van der Waals surface area contributed by atoms with Crippen molar-refractivity contribution in [2.75, 3.05) is 6.54 Å². The number of esters is 1. The van der Waals surface area contributed by atoms with Gasteiger partial charge in [-0.3, -0.25) is 9.30 Å². The van der Waals surface area contributed by atoms with E-state index in [1.54, 1.807) is 24.3 Å². The Balaban J connectivity index is 1.70. The van der Waals surface area contributed by atoms with Crippen molar-refractivity contribution in [2.45, 2.75) is 49.6 Å². The smallest absolute Gasteiger partial charge is 0.340 e. The normalized spacial score (nSPS) is 22.0. The predicted octanol–water partition coefficient (Wildman–Crippen LogP) is 5.45. The molecule has 2 atom stereocenters. The molecule has 0 fully saturated rings. The van der Waals surface area contributed by atoms with Crippen molar-refractivity contribution in [3.8, 4) is 0 Å². The molecule has 1 aliphatic heterocycles. The Morgan fingerprint density at radius 2 is 1.65 bits per heavy atom. The monoisotopic (exact) mass is 514 g/mol. The van der Waals surface area contributed by atoms with Crippen molar-refractivity contribution in [1.29, 1.82) is 0 Å². The van der Waals surface area contributed by atoms with E-state index in [1.165, 1.54) is 10.6 Å². The van der Waals surface area contributed by atoms with Crippen LogP contribution >= 0.6 is 0 Å². The molecule has 190 valence electrons. The van der Waals surface area contributed by atoms with Gasteiger partial charge >= 0.3 is 5.97 Å². The van der Waals surface area contributed by atoms with E-state index in [2.05, 4.69) is 0 Å². The lowest BCUT2D eigenvalue weighted by atomic mass is 9.80. The van der Waals surface area contributed by atoms with E-state index in [0.717, 1.165) is 22.3 Å². The molecular weight excluding hydrogens is 484 g/mol. The summed E-state index contributed by atoms with van der Waals surface area (Å²) in [4.78, 5) is 19.0. The molecule has 6 nitrogen and oxygen atoms in total. The van der Waals surface area contributed by atoms with Crippen molar-refractivity contribution in [2.24, 2.45) is 4.99 Å². The van der Waals surface area contributed by atoms with Crippen LogP contribution in [0.4, 0.5) is 0 Å². The maximum absolute atomic E-state index is 14.0. The van der Waals surface area contributed by atoms with Crippen LogP contribution in [-0.4, -0.2) is 42.7 Å². The van der Waals surface area contributed by atoms with Gasteiger partial charge in [0.2, 0.25) is 0 Å². The lowest BCUT2D eigenvalue weighted by Gasteiger charge is -2.39. The summed E-state index contributed by atoms with van der Waals surface area (Å²) in [6.07, 6.45) is 3.25. The van der Waals surface area contributed by atoms with Crippen LogP contribution in [0.3, 0.4) is 0 Å². The number of benzene rings is 3. The number of aliphatic imine (C=N–C) groups is 1. The average Bonchev–Trinajstić information content (AvgIpc) is 3.14. The van der Waals surface area contributed by atoms with Crippen LogP contribution in [0.25, 0.3) is 11.6 Å². The van der Waals surface area contributed by atoms with Crippen LogP contribution in [0.15, 0.2) is 88.8 Å². The molecule has 3 aromatic rings. The number of carbonyl (C=O) groups excluding carboxylic acids is 1. The molecule has 0 aromatic heterocycles. The summed E-state index contributed by atoms with van der Waals surface area (Å²) in [5.41, 5.74) is 2.18. The van der Waals surface area contributed by atoms with E-state index in [1.807, 2.05) is 88.4 Å². The van der Waals surface area contributed by atoms with Gasteiger partial charge in [0.25, 0.3) is 10.0 Å². The molecule has 2 unspecified atom stereocenters. The molecule has 0 bridgehead atoms. The Kier molecular flexibility index (Phi) is 6.07. The molecular formula is C30H30N2O4S. The van der Waals surface area contributed by atoms with Gasteiger partial charge in [0.1, 0.15) is 11.9 Å². The largest absolute Gasteiger partial charge is 0.458 e. The molecule has 0 amide bonds. The van der Waals surface area contributed by atoms with E-state index >= 15 is 0 Å². The molecule has 2 aliphatic rings. The first-order valence-electron chi connectivity index (χ1n) is 12.3. The molecule has 5 rings (SSSR count). The SMILES string of the molecule is Cc1ccc(S(=O)(=O)N2C=NC3(C(=O)OC(C)(C)C)/C(=C\c4ccccc4)c4ccccc4C3C2)cc1. The summed E-state index contributed by atoms with van der Waals surface area (Å²) >= 11 is 0. The summed E-state index contributed by atoms with van der Waals surface area (Å²) in [6.45, 7) is 7.42. The van der Waals surface area contributed by atoms with Crippen LogP contribution in [-0.2, 0) is 19.6 Å². The molecule has 0 saturated carbocycles. The van der Waals surface area contributed by atoms with Crippen molar-refractivity contribution in [1.82, 2.24) is 4.31 Å². The summed E-state index contributed by atoms with van der Waals surface area (Å²) in [6, 6.07) is 24.2. The molecule has 37 heavy (non-hydrogen) atoms. The second-order valence-electron chi connectivity index (χ2n) is 10.5. The standard InChI is InChI=1S/C30H30N2O4S/c1-21-14-16-23(17-15-21)37(34,35)32-19-27-25-13-9-8-12-24(25)26(18-22-10-6-5-7-11-22)30(27,31-20-32)28(33)36-29(2,3)4/h5-18,20,27H,19H2,1-4H3/b26-18-. The van der Waals surface area contributed by atoms with Gasteiger partial charge < -0.3 is 4.74 Å². The third kappa shape index (κ3) is 4.37. The van der Waals surface area contributed by atoms with Crippen LogP contribution in [0.2, 0.25) is 0 Å². The third-order valence-electron chi connectivity index (χ3n) is 6.74. The number of hydrogen-bond donors (Lipinski definition) is 0. The first-order valence-corrected chi connectivity index (χ1v) is 13.7. The van der Waals surface area contributed by atoms with Crippen LogP contribution < -0.4 is 0 Å². The predicted molar refractivity (Wildman–Crippen MR) is 146 cm³/mol. The van der Waals surface area contributed by atoms with Gasteiger partial charge in [0.15, 0.2) is 5.54 Å². The Labute approximate surface area is 218 Å². The Hall–Kier alpha value is -3.71. The highest BCUT2D eigenvalue weighted by atomic mass is 32.2. The molecule has 0 N–H and O–H groups in total. The van der Waals surface area contributed by atoms with Crippen LogP contribution in [0, 0.1) is 6.92 Å². The average molecular weight is 515 g/mol. The highest BCUT2D eigenvalue weighted by molar-refractivity contribution is 7.89. The summed E-state index contributed by atoms with van der Waals surface area (Å²) < 4.78 is 34.3. The van der Waals surface area contributed by atoms with Gasteiger partial charge in [-0.15, -0.1) is 0 Å². The Morgan fingerprint density at radius 1 is 1.00 bits per heavy atom. The van der Waals surface area contributed by atoms with E-state index in [-0.39, 0.29) is 11.4 Å². The van der Waals surface area contributed by atoms with Crippen LogP contribution in [0.1, 0.15) is 48.9 Å².